The van der Waals surface area contributed by atoms with Gasteiger partial charge in [0.05, 0.1) is 47.7 Å². The van der Waals surface area contributed by atoms with E-state index >= 15 is 0 Å². The first kappa shape index (κ1) is 86.6. The topological polar surface area (TPSA) is 336 Å². The first-order valence-electron chi connectivity index (χ1n) is 31.1. The van der Waals surface area contributed by atoms with E-state index in [0.717, 1.165) is 11.0 Å². The number of benzene rings is 6. The van der Waals surface area contributed by atoms with Gasteiger partial charge in [0.1, 0.15) is 29.9 Å². The summed E-state index contributed by atoms with van der Waals surface area (Å²) >= 11 is 21.1. The minimum Gasteiger partial charge on any atom is -0.468 e. The number of ether oxygens (including phenoxy) is 9. The first-order chi connectivity index (χ1) is 50.3. The summed E-state index contributed by atoms with van der Waals surface area (Å²) in [5.74, 6) is -1.60. The van der Waals surface area contributed by atoms with E-state index in [-0.39, 0.29) is 41.3 Å². The van der Waals surface area contributed by atoms with Crippen LogP contribution in [0.5, 0.6) is 29.3 Å². The monoisotopic (exact) mass is 1680 g/mol. The molecule has 0 saturated carbocycles. The summed E-state index contributed by atoms with van der Waals surface area (Å²) in [6.45, 7) is 12.0. The smallest absolute Gasteiger partial charge is 0.468 e. The fourth-order valence-electron chi connectivity index (χ4n) is 9.51. The van der Waals surface area contributed by atoms with Gasteiger partial charge in [-0.25, -0.2) is 19.9 Å². The van der Waals surface area contributed by atoms with E-state index in [0.29, 0.717) is 93.7 Å². The molecule has 0 aliphatic heterocycles. The molecule has 0 radical (unpaired) electrons. The molecule has 4 heterocycles. The number of nitrogens with one attached hydrogen (secondary N) is 4. The molecule has 27 nitrogen and oxygen atoms in total. The molecule has 3 amide bonds. The van der Waals surface area contributed by atoms with Crippen molar-refractivity contribution >= 4 is 147 Å². The van der Waals surface area contributed by atoms with Gasteiger partial charge in [-0.05, 0) is 183 Å². The van der Waals surface area contributed by atoms with Gasteiger partial charge in [0, 0.05) is 165 Å². The van der Waals surface area contributed by atoms with Gasteiger partial charge in [-0.15, -0.1) is 26.3 Å². The van der Waals surface area contributed by atoms with Crippen LogP contribution in [0.2, 0.25) is 0 Å². The van der Waals surface area contributed by atoms with Crippen molar-refractivity contribution in [3.63, 3.8) is 0 Å². The Morgan fingerprint density at radius 3 is 1.18 bits per heavy atom. The van der Waals surface area contributed by atoms with E-state index in [1.54, 1.807) is 48.8 Å². The summed E-state index contributed by atoms with van der Waals surface area (Å²) < 4.78 is 124. The van der Waals surface area contributed by atoms with E-state index in [1.807, 2.05) is 50.7 Å². The molecule has 39 heteroatoms. The molecule has 0 aliphatic carbocycles. The second kappa shape index (κ2) is 39.0. The number of alkyl halides is 9. The lowest BCUT2D eigenvalue weighted by Crippen LogP contribution is -2.37. The van der Waals surface area contributed by atoms with Gasteiger partial charge >= 0.3 is 30.0 Å². The van der Waals surface area contributed by atoms with Crippen molar-refractivity contribution in [1.29, 1.82) is 0 Å². The number of anilines is 5. The van der Waals surface area contributed by atoms with E-state index in [4.69, 9.17) is 79.0 Å². The third-order valence-corrected chi connectivity index (χ3v) is 15.4. The molecule has 6 aromatic carbocycles. The number of hydrogen-bond acceptors (Lipinski definition) is 22. The van der Waals surface area contributed by atoms with Crippen LogP contribution in [-0.4, -0.2) is 145 Å². The number of fused-ring (bicyclic) bond motifs is 2. The molecule has 0 atom stereocenters. The van der Waals surface area contributed by atoms with Crippen LogP contribution in [0.15, 0.2) is 156 Å². The standard InChI is InChI=1S/C23H20ClF2N5O3.C19H17BrClF2N3O3.C17H17BrClF2N3O2.C5H12O4.C4H5BN2O2/c1-13(2)31-20-18(15-10-27-12-28-11-15)8-14(9-19(20)30-22(31)33-3)21(32)29-16-4-6-17(7-5-16)34-23(24,25)26;1-10(2)26-16-14(20)8-11(9-15(16)25-18(26)28-3)17(27)24-12-4-6-13(7-5-12)29-19(21,22)23;1-9(2)23-15-13(18)7-10(8-14(15)22)16(25)24-11-3-5-12(6-4-11)26-17(19,20)21;1-6-5(7-2,8-3)9-4;8-5(9)4-1-6-3-7-2-4/h4-13H,1-3H3,(H,29,32);4-10H,1-3H3,(H,24,27);3-9,23H,22H2,1-2H3,(H,24,25);1-4H3;1-3,8-9H. The zero-order valence-electron chi connectivity index (χ0n) is 58.8. The Morgan fingerprint density at radius 2 is 0.860 bits per heavy atom. The Balaban J connectivity index is 0.000000226. The Morgan fingerprint density at radius 1 is 0.514 bits per heavy atom. The highest BCUT2D eigenvalue weighted by molar-refractivity contribution is 9.11. The number of nitrogens with two attached hydrogens (primary N) is 1. The Hall–Kier alpha value is -9.34. The highest BCUT2D eigenvalue weighted by Crippen LogP contribution is 2.38. The van der Waals surface area contributed by atoms with Crippen LogP contribution in [0, 0.1) is 0 Å². The fraction of sp³-hybridized carbons (Fsp3) is 0.279. The van der Waals surface area contributed by atoms with Crippen molar-refractivity contribution in [2.24, 2.45) is 0 Å². The Labute approximate surface area is 641 Å². The quantitative estimate of drug-likeness (QED) is 0.00971. The first-order valence-corrected chi connectivity index (χ1v) is 33.9. The third kappa shape index (κ3) is 25.7. The van der Waals surface area contributed by atoms with Crippen LogP contribution in [0.3, 0.4) is 0 Å². The van der Waals surface area contributed by atoms with Gasteiger partial charge in [-0.2, -0.15) is 9.97 Å². The van der Waals surface area contributed by atoms with E-state index in [9.17, 15) is 40.7 Å². The SMILES string of the molecule is CC(C)Nc1c(N)cc(C(=O)Nc2ccc(OC(F)(F)Cl)cc2)cc1Br.COC(OC)(OC)OC.COc1nc2cc(C(=O)Nc3ccc(OC(F)(F)Cl)cc3)cc(-c3cncnc3)c2n1C(C)C.COc1nc2cc(C(=O)Nc3ccc(OC(F)(F)Cl)cc3)cc(Br)c2n1C(C)C.OB(O)c1cncnc1. The van der Waals surface area contributed by atoms with E-state index in [1.165, 1.54) is 141 Å². The molecule has 107 heavy (non-hydrogen) atoms. The van der Waals surface area contributed by atoms with Crippen LogP contribution in [0.4, 0.5) is 54.8 Å². The molecule has 10 rings (SSSR count). The highest BCUT2D eigenvalue weighted by atomic mass is 79.9. The number of hydrogen-bond donors (Lipinski definition) is 7. The fourth-order valence-corrected chi connectivity index (χ4v) is 11.0. The normalized spacial score (nSPS) is 11.4. The number of imidazole rings is 2. The molecule has 8 N–H and O–H groups in total. The van der Waals surface area contributed by atoms with Gasteiger partial charge in [0.2, 0.25) is 0 Å². The lowest BCUT2D eigenvalue weighted by Gasteiger charge is -2.25. The molecule has 0 unspecified atom stereocenters. The largest absolute Gasteiger partial charge is 0.491 e. The third-order valence-electron chi connectivity index (χ3n) is 14.0. The van der Waals surface area contributed by atoms with Crippen molar-refractivity contribution < 1.29 is 93.4 Å². The summed E-state index contributed by atoms with van der Waals surface area (Å²) in [5.41, 5.74) is 2.43. The number of nitrogens with zero attached hydrogens (tertiary/aromatic N) is 8. The number of halogens is 11. The molecule has 4 aromatic heterocycles. The maximum Gasteiger partial charge on any atom is 0.491 e. The average molecular weight is 1690 g/mol. The zero-order valence-corrected chi connectivity index (χ0v) is 64.2. The predicted molar refractivity (Wildman–Crippen MR) is 399 cm³/mol. The summed E-state index contributed by atoms with van der Waals surface area (Å²) in [6, 6.07) is 27.3. The molecule has 0 fully saturated rings. The van der Waals surface area contributed by atoms with Gasteiger partial charge in [-0.1, -0.05) is 0 Å². The summed E-state index contributed by atoms with van der Waals surface area (Å²) in [5, 5.41) is 28.3. The van der Waals surface area contributed by atoms with Crippen molar-refractivity contribution in [2.75, 3.05) is 69.7 Å². The maximum absolute atomic E-state index is 13.1. The van der Waals surface area contributed by atoms with Gasteiger partial charge in [-0.3, -0.25) is 23.5 Å². The van der Waals surface area contributed by atoms with Gasteiger partial charge in [0.15, 0.2) is 0 Å². The number of nitrogen functional groups attached to an aromatic ring is 1. The predicted octanol–water partition coefficient (Wildman–Crippen LogP) is 14.9. The number of amides is 3. The zero-order chi connectivity index (χ0) is 79.3. The van der Waals surface area contributed by atoms with Crippen molar-refractivity contribution in [3.8, 4) is 40.4 Å². The number of rotatable bonds is 24. The molecule has 0 spiro atoms. The van der Waals surface area contributed by atoms with Crippen LogP contribution in [-0.2, 0) is 18.9 Å². The Kier molecular flexibility index (Phi) is 31.5. The van der Waals surface area contributed by atoms with Crippen LogP contribution < -0.4 is 56.1 Å². The van der Waals surface area contributed by atoms with Crippen molar-refractivity contribution in [2.45, 2.75) is 82.5 Å². The molecule has 10 aromatic rings. The van der Waals surface area contributed by atoms with Crippen LogP contribution in [0.1, 0.15) is 84.7 Å². The number of carbonyl (C=O) groups is 3. The number of aromatic nitrogens is 8. The Bertz CT molecular complexity index is 4540. The second-order valence-electron chi connectivity index (χ2n) is 22.6. The van der Waals surface area contributed by atoms with Crippen molar-refractivity contribution in [1.82, 2.24) is 39.0 Å². The molecule has 0 aliphatic rings. The lowest BCUT2D eigenvalue weighted by atomic mass is 9.83. The van der Waals surface area contributed by atoms with E-state index < -0.39 is 41.8 Å². The summed E-state index contributed by atoms with van der Waals surface area (Å²) in [4.78, 5) is 62.4. The maximum atomic E-state index is 13.1. The minimum atomic E-state index is -3.82. The lowest BCUT2D eigenvalue weighted by molar-refractivity contribution is -0.472. The van der Waals surface area contributed by atoms with Crippen LogP contribution in [0.25, 0.3) is 33.2 Å². The number of methoxy groups -OCH3 is 6. The molecule has 572 valence electrons. The molecule has 0 saturated heterocycles. The molecular formula is C68H71BBr2Cl3F6N13O14. The van der Waals surface area contributed by atoms with Crippen molar-refractivity contribution in [3.05, 3.63) is 172 Å². The molecule has 0 bridgehead atoms. The van der Waals surface area contributed by atoms with Gasteiger partial charge in [0.25, 0.3) is 29.7 Å². The average Bonchev–Trinajstić information content (AvgIpc) is 1.63. The van der Waals surface area contributed by atoms with Crippen LogP contribution >= 0.6 is 66.7 Å². The minimum absolute atomic E-state index is 0.0316. The van der Waals surface area contributed by atoms with E-state index in [2.05, 4.69) is 97.2 Å². The summed E-state index contributed by atoms with van der Waals surface area (Å²) in [6.07, 6.45) is 7.41. The second-order valence-corrected chi connectivity index (χ2v) is 25.7. The molecular weight excluding hydrogens is 1610 g/mol. The highest BCUT2D eigenvalue weighted by Gasteiger charge is 2.31. The van der Waals surface area contributed by atoms with Gasteiger partial charge < -0.3 is 79.7 Å². The number of carbonyl (C=O) groups excluding carboxylic acids is 3. The summed E-state index contributed by atoms with van der Waals surface area (Å²) in [7, 11) is 7.31.